The van der Waals surface area contributed by atoms with Crippen LogP contribution in [0, 0.1) is 0 Å². The lowest BCUT2D eigenvalue weighted by molar-refractivity contribution is -0.132. The lowest BCUT2D eigenvalue weighted by atomic mass is 10.1. The third-order valence-electron chi connectivity index (χ3n) is 3.21. The third-order valence-corrected chi connectivity index (χ3v) is 3.21. The van der Waals surface area contributed by atoms with Crippen molar-refractivity contribution >= 4 is 23.3 Å². The van der Waals surface area contributed by atoms with Crippen LogP contribution >= 0.6 is 0 Å². The fourth-order valence-corrected chi connectivity index (χ4v) is 2.07. The summed E-state index contributed by atoms with van der Waals surface area (Å²) in [5.41, 5.74) is 1.35. The number of ether oxygens (including phenoxy) is 2. The lowest BCUT2D eigenvalue weighted by Crippen LogP contribution is -2.13. The van der Waals surface area contributed by atoms with Crippen LogP contribution in [0.4, 0.5) is 5.69 Å². The Morgan fingerprint density at radius 3 is 2.29 bits per heavy atom. The Bertz CT molecular complexity index is 798. The molecule has 0 bridgehead atoms. The molecule has 0 fully saturated rings. The number of rotatable bonds is 5. The highest BCUT2D eigenvalue weighted by atomic mass is 16.6. The van der Waals surface area contributed by atoms with Crippen LogP contribution in [-0.4, -0.2) is 24.8 Å². The minimum atomic E-state index is -0.480. The van der Waals surface area contributed by atoms with Crippen LogP contribution in [0.2, 0.25) is 0 Å². The number of ketones is 1. The number of anilines is 1. The van der Waals surface area contributed by atoms with Gasteiger partial charge < -0.3 is 14.8 Å². The standard InChI is InChI=1S/C18H17NO5/c1-11(20)13-5-4-6-15(9-13)19-18(22)14-7-8-16(24-12(2)21)17(10-14)23-3/h4-10H,1-3H3,(H,19,22). The van der Waals surface area contributed by atoms with Gasteiger partial charge in [0.25, 0.3) is 5.91 Å². The molecule has 1 amide bonds. The maximum Gasteiger partial charge on any atom is 0.308 e. The molecule has 0 aliphatic carbocycles. The summed E-state index contributed by atoms with van der Waals surface area (Å²) in [6, 6.07) is 11.1. The first-order valence-electron chi connectivity index (χ1n) is 7.19. The van der Waals surface area contributed by atoms with Gasteiger partial charge in [-0.3, -0.25) is 14.4 Å². The van der Waals surface area contributed by atoms with Crippen molar-refractivity contribution in [1.29, 1.82) is 0 Å². The first kappa shape index (κ1) is 17.2. The highest BCUT2D eigenvalue weighted by Gasteiger charge is 2.13. The molecule has 6 nitrogen and oxygen atoms in total. The van der Waals surface area contributed by atoms with Gasteiger partial charge in [0.05, 0.1) is 7.11 Å². The quantitative estimate of drug-likeness (QED) is 0.518. The average Bonchev–Trinajstić information content (AvgIpc) is 2.54. The molecule has 0 aromatic heterocycles. The summed E-state index contributed by atoms with van der Waals surface area (Å²) < 4.78 is 10.1. The maximum absolute atomic E-state index is 12.3. The highest BCUT2D eigenvalue weighted by molar-refractivity contribution is 6.05. The number of benzene rings is 2. The predicted molar refractivity (Wildman–Crippen MR) is 88.7 cm³/mol. The van der Waals surface area contributed by atoms with Gasteiger partial charge >= 0.3 is 5.97 Å². The van der Waals surface area contributed by atoms with Gasteiger partial charge in [-0.1, -0.05) is 12.1 Å². The molecule has 0 unspecified atom stereocenters. The van der Waals surface area contributed by atoms with Crippen molar-refractivity contribution in [1.82, 2.24) is 0 Å². The van der Waals surface area contributed by atoms with Crippen molar-refractivity contribution in [2.24, 2.45) is 0 Å². The van der Waals surface area contributed by atoms with E-state index in [1.165, 1.54) is 39.2 Å². The van der Waals surface area contributed by atoms with E-state index in [4.69, 9.17) is 9.47 Å². The molecule has 0 saturated heterocycles. The normalized spacial score (nSPS) is 9.96. The molecular weight excluding hydrogens is 310 g/mol. The van der Waals surface area contributed by atoms with Crippen molar-refractivity contribution in [2.45, 2.75) is 13.8 Å². The van der Waals surface area contributed by atoms with Gasteiger partial charge in [0.1, 0.15) is 0 Å². The lowest BCUT2D eigenvalue weighted by Gasteiger charge is -2.10. The Morgan fingerprint density at radius 2 is 1.67 bits per heavy atom. The van der Waals surface area contributed by atoms with Crippen molar-refractivity contribution in [3.8, 4) is 11.5 Å². The van der Waals surface area contributed by atoms with E-state index in [9.17, 15) is 14.4 Å². The molecule has 0 aliphatic rings. The minimum Gasteiger partial charge on any atom is -0.493 e. The number of amides is 1. The fourth-order valence-electron chi connectivity index (χ4n) is 2.07. The molecule has 2 rings (SSSR count). The largest absolute Gasteiger partial charge is 0.493 e. The number of hydrogen-bond acceptors (Lipinski definition) is 5. The summed E-state index contributed by atoms with van der Waals surface area (Å²) in [6.45, 7) is 2.74. The summed E-state index contributed by atoms with van der Waals surface area (Å²) in [7, 11) is 1.42. The van der Waals surface area contributed by atoms with Gasteiger partial charge in [-0.25, -0.2) is 0 Å². The van der Waals surface area contributed by atoms with Crippen LogP contribution < -0.4 is 14.8 Å². The zero-order valence-corrected chi connectivity index (χ0v) is 13.6. The average molecular weight is 327 g/mol. The van der Waals surface area contributed by atoms with Crippen molar-refractivity contribution in [3.05, 3.63) is 53.6 Å². The van der Waals surface area contributed by atoms with Crippen LogP contribution in [0.5, 0.6) is 11.5 Å². The molecule has 2 aromatic carbocycles. The Balaban J connectivity index is 2.22. The molecule has 24 heavy (non-hydrogen) atoms. The maximum atomic E-state index is 12.3. The zero-order valence-electron chi connectivity index (χ0n) is 13.6. The van der Waals surface area contributed by atoms with Crippen molar-refractivity contribution < 1.29 is 23.9 Å². The fraction of sp³-hybridized carbons (Fsp3) is 0.167. The Hall–Kier alpha value is -3.15. The van der Waals surface area contributed by atoms with E-state index >= 15 is 0 Å². The number of carbonyl (C=O) groups is 3. The molecule has 0 radical (unpaired) electrons. The number of esters is 1. The number of nitrogens with one attached hydrogen (secondary N) is 1. The second kappa shape index (κ2) is 7.41. The Labute approximate surface area is 139 Å². The van der Waals surface area contributed by atoms with Crippen molar-refractivity contribution in [3.63, 3.8) is 0 Å². The second-order valence-electron chi connectivity index (χ2n) is 5.05. The Kier molecular flexibility index (Phi) is 5.31. The predicted octanol–water partition coefficient (Wildman–Crippen LogP) is 3.08. The molecule has 2 aromatic rings. The zero-order chi connectivity index (χ0) is 17.7. The molecule has 0 aliphatic heterocycles. The molecule has 1 N–H and O–H groups in total. The summed E-state index contributed by atoms with van der Waals surface area (Å²) in [6.07, 6.45) is 0. The topological polar surface area (TPSA) is 81.7 Å². The summed E-state index contributed by atoms with van der Waals surface area (Å²) >= 11 is 0. The van der Waals surface area contributed by atoms with Gasteiger partial charge in [-0.2, -0.15) is 0 Å². The van der Waals surface area contributed by atoms with E-state index in [2.05, 4.69) is 5.32 Å². The third kappa shape index (κ3) is 4.19. The monoisotopic (exact) mass is 327 g/mol. The van der Waals surface area contributed by atoms with Crippen LogP contribution in [0.25, 0.3) is 0 Å². The van der Waals surface area contributed by atoms with Gasteiger partial charge in [0.15, 0.2) is 17.3 Å². The van der Waals surface area contributed by atoms with E-state index in [1.807, 2.05) is 0 Å². The van der Waals surface area contributed by atoms with E-state index in [1.54, 1.807) is 24.3 Å². The van der Waals surface area contributed by atoms with Crippen LogP contribution in [0.1, 0.15) is 34.6 Å². The SMILES string of the molecule is COc1cc(C(=O)Nc2cccc(C(C)=O)c2)ccc1OC(C)=O. The summed E-state index contributed by atoms with van der Waals surface area (Å²) in [4.78, 5) is 34.8. The van der Waals surface area contributed by atoms with Crippen LogP contribution in [0.15, 0.2) is 42.5 Å². The van der Waals surface area contributed by atoms with Gasteiger partial charge in [-0.05, 0) is 37.3 Å². The molecule has 0 atom stereocenters. The first-order valence-corrected chi connectivity index (χ1v) is 7.19. The van der Waals surface area contributed by atoms with E-state index in [0.29, 0.717) is 16.8 Å². The van der Waals surface area contributed by atoms with Gasteiger partial charge in [-0.15, -0.1) is 0 Å². The molecule has 6 heteroatoms. The number of Topliss-reactive ketones (excluding diaryl/α,β-unsaturated/α-hetero) is 1. The van der Waals surface area contributed by atoms with Crippen LogP contribution in [0.3, 0.4) is 0 Å². The second-order valence-corrected chi connectivity index (χ2v) is 5.05. The number of hydrogen-bond donors (Lipinski definition) is 1. The van der Waals surface area contributed by atoms with E-state index in [-0.39, 0.29) is 23.2 Å². The number of carbonyl (C=O) groups excluding carboxylic acids is 3. The first-order chi connectivity index (χ1) is 11.4. The summed E-state index contributed by atoms with van der Waals surface area (Å²) in [5, 5.41) is 2.71. The number of methoxy groups -OCH3 is 1. The molecular formula is C18H17NO5. The highest BCUT2D eigenvalue weighted by Crippen LogP contribution is 2.28. The molecule has 0 saturated carbocycles. The smallest absolute Gasteiger partial charge is 0.308 e. The van der Waals surface area contributed by atoms with Gasteiger partial charge in [0, 0.05) is 23.7 Å². The summed E-state index contributed by atoms with van der Waals surface area (Å²) in [5.74, 6) is -0.427. The van der Waals surface area contributed by atoms with Gasteiger partial charge in [0.2, 0.25) is 0 Å². The van der Waals surface area contributed by atoms with E-state index < -0.39 is 5.97 Å². The molecule has 124 valence electrons. The van der Waals surface area contributed by atoms with Crippen LogP contribution in [-0.2, 0) is 4.79 Å². The minimum absolute atomic E-state index is 0.0847. The van der Waals surface area contributed by atoms with Crippen molar-refractivity contribution in [2.75, 3.05) is 12.4 Å². The molecule has 0 heterocycles. The molecule has 0 spiro atoms. The Morgan fingerprint density at radius 1 is 0.917 bits per heavy atom. The van der Waals surface area contributed by atoms with E-state index in [0.717, 1.165) is 0 Å².